The smallest absolute Gasteiger partial charge is 0.258 e. The molecule has 1 aliphatic carbocycles. The quantitative estimate of drug-likeness (QED) is 0.782. The standard InChI is InChI=1S/C19H19N5O2/c1-11-14(18(25)24-8-12-4-3-7-20-13(12)9-24)15-16(23-19(2)5-6-19)21-10-22-17(15)26-11/h3-4,7,10H,5-6,8-9H2,1-2H3,(H,21,22,23). The van der Waals surface area contributed by atoms with Gasteiger partial charge < -0.3 is 14.6 Å². The van der Waals surface area contributed by atoms with E-state index in [4.69, 9.17) is 4.42 Å². The number of hydrogen-bond donors (Lipinski definition) is 1. The SMILES string of the molecule is Cc1oc2ncnc(NC3(C)CC3)c2c1C(=O)N1Cc2cccnc2C1. The van der Waals surface area contributed by atoms with E-state index < -0.39 is 0 Å². The molecule has 1 fully saturated rings. The first-order valence-electron chi connectivity index (χ1n) is 8.78. The van der Waals surface area contributed by atoms with E-state index in [1.165, 1.54) is 6.33 Å². The molecule has 0 saturated heterocycles. The minimum absolute atomic E-state index is 0.0422. The van der Waals surface area contributed by atoms with Gasteiger partial charge in [-0.1, -0.05) is 6.07 Å². The Morgan fingerprint density at radius 1 is 1.27 bits per heavy atom. The fourth-order valence-corrected chi connectivity index (χ4v) is 3.50. The molecule has 3 aromatic heterocycles. The molecular weight excluding hydrogens is 330 g/mol. The predicted octanol–water partition coefficient (Wildman–Crippen LogP) is 3.05. The number of pyridine rings is 1. The molecule has 5 rings (SSSR count). The van der Waals surface area contributed by atoms with Gasteiger partial charge in [0.15, 0.2) is 0 Å². The maximum Gasteiger partial charge on any atom is 0.258 e. The molecule has 1 amide bonds. The van der Waals surface area contributed by atoms with Crippen molar-refractivity contribution in [1.82, 2.24) is 19.9 Å². The van der Waals surface area contributed by atoms with Crippen LogP contribution < -0.4 is 5.32 Å². The van der Waals surface area contributed by atoms with Gasteiger partial charge in [0.25, 0.3) is 5.91 Å². The second kappa shape index (κ2) is 5.27. The Kier molecular flexibility index (Phi) is 3.10. The van der Waals surface area contributed by atoms with E-state index in [1.54, 1.807) is 18.0 Å². The number of furan rings is 1. The topological polar surface area (TPSA) is 84.2 Å². The van der Waals surface area contributed by atoms with Gasteiger partial charge >= 0.3 is 0 Å². The third-order valence-corrected chi connectivity index (χ3v) is 5.27. The van der Waals surface area contributed by atoms with E-state index in [0.717, 1.165) is 24.1 Å². The van der Waals surface area contributed by atoms with E-state index in [0.29, 0.717) is 41.3 Å². The number of aryl methyl sites for hydroxylation is 1. The van der Waals surface area contributed by atoms with Crippen molar-refractivity contribution in [2.75, 3.05) is 5.32 Å². The molecule has 1 aliphatic heterocycles. The summed E-state index contributed by atoms with van der Waals surface area (Å²) in [6.45, 7) is 5.02. The summed E-state index contributed by atoms with van der Waals surface area (Å²) in [5, 5.41) is 4.13. The number of rotatable bonds is 3. The first kappa shape index (κ1) is 15.3. The molecule has 3 aromatic rings. The van der Waals surface area contributed by atoms with E-state index in [-0.39, 0.29) is 11.4 Å². The Morgan fingerprint density at radius 3 is 2.88 bits per heavy atom. The minimum atomic E-state index is -0.0712. The van der Waals surface area contributed by atoms with Gasteiger partial charge in [-0.15, -0.1) is 0 Å². The van der Waals surface area contributed by atoms with Crippen molar-refractivity contribution in [2.24, 2.45) is 0 Å². The van der Waals surface area contributed by atoms with E-state index in [9.17, 15) is 4.79 Å². The summed E-state index contributed by atoms with van der Waals surface area (Å²) in [5.41, 5.74) is 3.07. The van der Waals surface area contributed by atoms with Crippen molar-refractivity contribution in [3.05, 3.63) is 47.2 Å². The average molecular weight is 349 g/mol. The highest BCUT2D eigenvalue weighted by Gasteiger charge is 2.39. The molecule has 7 heteroatoms. The number of hydrogen-bond acceptors (Lipinski definition) is 6. The van der Waals surface area contributed by atoms with Crippen molar-refractivity contribution in [3.8, 4) is 0 Å². The Hall–Kier alpha value is -2.96. The molecule has 7 nitrogen and oxygen atoms in total. The lowest BCUT2D eigenvalue weighted by atomic mass is 10.1. The van der Waals surface area contributed by atoms with Gasteiger partial charge in [0.1, 0.15) is 17.9 Å². The third-order valence-electron chi connectivity index (χ3n) is 5.27. The number of carbonyl (C=O) groups excluding carboxylic acids is 1. The second-order valence-electron chi connectivity index (χ2n) is 7.39. The number of nitrogens with one attached hydrogen (secondary N) is 1. The first-order valence-corrected chi connectivity index (χ1v) is 8.78. The molecule has 4 heterocycles. The molecule has 2 aliphatic rings. The number of fused-ring (bicyclic) bond motifs is 2. The van der Waals surface area contributed by atoms with Gasteiger partial charge in [-0.3, -0.25) is 9.78 Å². The van der Waals surface area contributed by atoms with Crippen molar-refractivity contribution in [2.45, 2.75) is 45.3 Å². The monoisotopic (exact) mass is 349 g/mol. The van der Waals surface area contributed by atoms with Crippen LogP contribution in [0.1, 0.15) is 47.1 Å². The highest BCUT2D eigenvalue weighted by atomic mass is 16.3. The number of carbonyl (C=O) groups is 1. The normalized spacial score (nSPS) is 17.4. The van der Waals surface area contributed by atoms with E-state index in [2.05, 4.69) is 27.2 Å². The van der Waals surface area contributed by atoms with Gasteiger partial charge in [-0.25, -0.2) is 9.97 Å². The van der Waals surface area contributed by atoms with Gasteiger partial charge in [-0.05, 0) is 38.3 Å². The fourth-order valence-electron chi connectivity index (χ4n) is 3.50. The molecule has 0 aromatic carbocycles. The Labute approximate surface area is 150 Å². The van der Waals surface area contributed by atoms with Crippen LogP contribution in [-0.4, -0.2) is 31.3 Å². The molecule has 0 unspecified atom stereocenters. The number of anilines is 1. The van der Waals surface area contributed by atoms with Crippen molar-refractivity contribution < 1.29 is 9.21 Å². The molecule has 1 saturated carbocycles. The zero-order chi connectivity index (χ0) is 17.9. The van der Waals surface area contributed by atoms with Crippen molar-refractivity contribution >= 4 is 22.8 Å². The third kappa shape index (κ3) is 2.34. The number of aromatic nitrogens is 3. The lowest BCUT2D eigenvalue weighted by molar-refractivity contribution is 0.0750. The zero-order valence-corrected chi connectivity index (χ0v) is 14.7. The lowest BCUT2D eigenvalue weighted by Gasteiger charge is -2.16. The fraction of sp³-hybridized carbons (Fsp3) is 0.368. The maximum atomic E-state index is 13.3. The number of amides is 1. The molecule has 0 bridgehead atoms. The zero-order valence-electron chi connectivity index (χ0n) is 14.7. The lowest BCUT2D eigenvalue weighted by Crippen LogP contribution is -2.26. The molecule has 1 N–H and O–H groups in total. The molecule has 0 radical (unpaired) electrons. The molecule has 132 valence electrons. The largest absolute Gasteiger partial charge is 0.442 e. The van der Waals surface area contributed by atoms with Gasteiger partial charge in [0.05, 0.1) is 23.2 Å². The second-order valence-corrected chi connectivity index (χ2v) is 7.39. The van der Waals surface area contributed by atoms with Crippen LogP contribution in [0.25, 0.3) is 11.1 Å². The van der Waals surface area contributed by atoms with Crippen molar-refractivity contribution in [3.63, 3.8) is 0 Å². The molecule has 26 heavy (non-hydrogen) atoms. The summed E-state index contributed by atoms with van der Waals surface area (Å²) in [4.78, 5) is 28.1. The Morgan fingerprint density at radius 2 is 2.12 bits per heavy atom. The highest BCUT2D eigenvalue weighted by molar-refractivity contribution is 6.10. The van der Waals surface area contributed by atoms with Crippen LogP contribution in [0.2, 0.25) is 0 Å². The van der Waals surface area contributed by atoms with Gasteiger partial charge in [0.2, 0.25) is 5.71 Å². The van der Waals surface area contributed by atoms with Gasteiger partial charge in [0, 0.05) is 18.3 Å². The van der Waals surface area contributed by atoms with Crippen LogP contribution in [-0.2, 0) is 13.1 Å². The van der Waals surface area contributed by atoms with E-state index in [1.807, 2.05) is 12.1 Å². The Bertz CT molecular complexity index is 1010. The highest BCUT2D eigenvalue weighted by Crippen LogP contribution is 2.40. The first-order chi connectivity index (χ1) is 12.5. The summed E-state index contributed by atoms with van der Waals surface area (Å²) < 4.78 is 5.78. The summed E-state index contributed by atoms with van der Waals surface area (Å²) in [7, 11) is 0. The van der Waals surface area contributed by atoms with Gasteiger partial charge in [-0.2, -0.15) is 0 Å². The summed E-state index contributed by atoms with van der Waals surface area (Å²) >= 11 is 0. The molecule has 0 atom stereocenters. The van der Waals surface area contributed by atoms with Crippen LogP contribution in [0.3, 0.4) is 0 Å². The number of nitrogens with zero attached hydrogens (tertiary/aromatic N) is 4. The predicted molar refractivity (Wildman–Crippen MR) is 95.6 cm³/mol. The van der Waals surface area contributed by atoms with Crippen LogP contribution in [0.5, 0.6) is 0 Å². The molecular formula is C19H19N5O2. The minimum Gasteiger partial charge on any atom is -0.442 e. The van der Waals surface area contributed by atoms with Crippen molar-refractivity contribution in [1.29, 1.82) is 0 Å². The summed E-state index contributed by atoms with van der Waals surface area (Å²) in [6.07, 6.45) is 5.41. The van der Waals surface area contributed by atoms with Crippen LogP contribution >= 0.6 is 0 Å². The van der Waals surface area contributed by atoms with Crippen LogP contribution in [0, 0.1) is 6.92 Å². The van der Waals surface area contributed by atoms with Crippen LogP contribution in [0.4, 0.5) is 5.82 Å². The van der Waals surface area contributed by atoms with E-state index >= 15 is 0 Å². The summed E-state index contributed by atoms with van der Waals surface area (Å²) in [6, 6.07) is 3.91. The summed E-state index contributed by atoms with van der Waals surface area (Å²) in [5.74, 6) is 1.17. The average Bonchev–Trinajstić information content (AvgIpc) is 3.07. The van der Waals surface area contributed by atoms with Crippen LogP contribution in [0.15, 0.2) is 29.1 Å². The molecule has 0 spiro atoms. The Balaban J connectivity index is 1.56. The maximum absolute atomic E-state index is 13.3.